The molecule has 106 valence electrons. The minimum atomic E-state index is -1.89. The molecule has 0 aromatic heterocycles. The highest BCUT2D eigenvalue weighted by Crippen LogP contribution is 2.62. The van der Waals surface area contributed by atoms with E-state index < -0.39 is 34.2 Å². The number of nitrogens with zero attached hydrogens (tertiary/aromatic N) is 1. The molecule has 0 radical (unpaired) electrons. The van der Waals surface area contributed by atoms with Gasteiger partial charge in [0, 0.05) is 4.92 Å². The van der Waals surface area contributed by atoms with Crippen molar-refractivity contribution in [3.05, 3.63) is 46.0 Å². The fourth-order valence-corrected chi connectivity index (χ4v) is 2.68. The molecule has 0 saturated heterocycles. The molecule has 0 N–H and O–H groups in total. The van der Waals surface area contributed by atoms with E-state index in [9.17, 15) is 19.7 Å². The Morgan fingerprint density at radius 3 is 2.05 bits per heavy atom. The molecule has 0 bridgehead atoms. The van der Waals surface area contributed by atoms with Crippen molar-refractivity contribution in [1.29, 1.82) is 0 Å². The molecule has 0 spiro atoms. The summed E-state index contributed by atoms with van der Waals surface area (Å²) in [5.41, 5.74) is -1.36. The van der Waals surface area contributed by atoms with Crippen molar-refractivity contribution in [2.24, 2.45) is 5.41 Å². The van der Waals surface area contributed by atoms with Crippen LogP contribution in [0.5, 0.6) is 0 Å². The monoisotopic (exact) mass is 279 g/mol. The van der Waals surface area contributed by atoms with E-state index in [-0.39, 0.29) is 0 Å². The number of benzene rings is 1. The van der Waals surface area contributed by atoms with Crippen LogP contribution in [0.4, 0.5) is 0 Å². The number of esters is 2. The van der Waals surface area contributed by atoms with Crippen LogP contribution in [0, 0.1) is 15.5 Å². The Morgan fingerprint density at radius 1 is 1.15 bits per heavy atom. The van der Waals surface area contributed by atoms with Crippen LogP contribution in [-0.2, 0) is 19.1 Å². The third-order valence-electron chi connectivity index (χ3n) is 3.60. The zero-order chi connectivity index (χ0) is 14.9. The van der Waals surface area contributed by atoms with Gasteiger partial charge in [-0.25, -0.2) is 0 Å². The molecule has 2 atom stereocenters. The fraction of sp³-hybridized carbons (Fsp3) is 0.385. The summed E-state index contributed by atoms with van der Waals surface area (Å²) in [4.78, 5) is 34.5. The Kier molecular flexibility index (Phi) is 3.44. The molecule has 1 aliphatic carbocycles. The zero-order valence-corrected chi connectivity index (χ0v) is 10.9. The average Bonchev–Trinajstić information content (AvgIpc) is 3.18. The number of hydrogen-bond acceptors (Lipinski definition) is 6. The maximum absolute atomic E-state index is 12.0. The standard InChI is InChI=1S/C13H13NO6/c1-19-11(15)13(12(16)20-2)9(10(13)14(17)18)8-6-4-3-5-7-8/h3-7,9-10H,1-2H3/t9-,10-/m0/s1. The van der Waals surface area contributed by atoms with E-state index in [1.54, 1.807) is 30.3 Å². The van der Waals surface area contributed by atoms with Gasteiger partial charge in [0.05, 0.1) is 20.1 Å². The van der Waals surface area contributed by atoms with Crippen molar-refractivity contribution < 1.29 is 24.0 Å². The van der Waals surface area contributed by atoms with Crippen molar-refractivity contribution >= 4 is 11.9 Å². The fourth-order valence-electron chi connectivity index (χ4n) is 2.68. The van der Waals surface area contributed by atoms with Gasteiger partial charge in [-0.3, -0.25) is 19.7 Å². The third kappa shape index (κ3) is 1.74. The normalized spacial score (nSPS) is 22.7. The molecule has 0 amide bonds. The Bertz CT molecular complexity index is 539. The molecule has 1 fully saturated rings. The maximum atomic E-state index is 12.0. The lowest BCUT2D eigenvalue weighted by molar-refractivity contribution is -0.501. The first kappa shape index (κ1) is 14.0. The van der Waals surface area contributed by atoms with Gasteiger partial charge in [0.15, 0.2) is 0 Å². The summed E-state index contributed by atoms with van der Waals surface area (Å²) in [6.45, 7) is 0. The molecule has 0 unspecified atom stereocenters. The first-order valence-corrected chi connectivity index (χ1v) is 5.87. The van der Waals surface area contributed by atoms with E-state index in [2.05, 4.69) is 9.47 Å². The number of nitro groups is 1. The molecule has 0 heterocycles. The van der Waals surface area contributed by atoms with Gasteiger partial charge in [-0.1, -0.05) is 30.3 Å². The molecule has 0 aliphatic heterocycles. The molecule has 7 heteroatoms. The van der Waals surface area contributed by atoms with Crippen LogP contribution in [-0.4, -0.2) is 37.1 Å². The number of carbonyl (C=O) groups excluding carboxylic acids is 2. The van der Waals surface area contributed by atoms with E-state index in [1.807, 2.05) is 0 Å². The van der Waals surface area contributed by atoms with Crippen LogP contribution in [0.25, 0.3) is 0 Å². The van der Waals surface area contributed by atoms with Crippen LogP contribution in [0.15, 0.2) is 30.3 Å². The smallest absolute Gasteiger partial charge is 0.331 e. The number of hydrogen-bond donors (Lipinski definition) is 0. The third-order valence-corrected chi connectivity index (χ3v) is 3.60. The van der Waals surface area contributed by atoms with Gasteiger partial charge in [0.25, 0.3) is 0 Å². The van der Waals surface area contributed by atoms with Crippen molar-refractivity contribution in [2.75, 3.05) is 14.2 Å². The highest BCUT2D eigenvalue weighted by Gasteiger charge is 2.85. The van der Waals surface area contributed by atoms with Crippen molar-refractivity contribution in [3.63, 3.8) is 0 Å². The zero-order valence-electron chi connectivity index (χ0n) is 10.9. The second kappa shape index (κ2) is 4.92. The van der Waals surface area contributed by atoms with E-state index >= 15 is 0 Å². The van der Waals surface area contributed by atoms with Crippen molar-refractivity contribution in [3.8, 4) is 0 Å². The highest BCUT2D eigenvalue weighted by molar-refractivity contribution is 6.06. The Morgan fingerprint density at radius 2 is 1.65 bits per heavy atom. The van der Waals surface area contributed by atoms with E-state index in [4.69, 9.17) is 0 Å². The summed E-state index contributed by atoms with van der Waals surface area (Å²) in [5.74, 6) is -2.77. The second-order valence-corrected chi connectivity index (χ2v) is 4.47. The molecule has 1 aliphatic rings. The molecular formula is C13H13NO6. The van der Waals surface area contributed by atoms with E-state index in [1.165, 1.54) is 0 Å². The van der Waals surface area contributed by atoms with Gasteiger partial charge < -0.3 is 9.47 Å². The van der Waals surface area contributed by atoms with Gasteiger partial charge in [0.2, 0.25) is 11.5 Å². The summed E-state index contributed by atoms with van der Waals surface area (Å²) in [6, 6.07) is 7.01. The lowest BCUT2D eigenvalue weighted by atomic mass is 9.99. The lowest BCUT2D eigenvalue weighted by Crippen LogP contribution is -2.34. The van der Waals surface area contributed by atoms with Crippen molar-refractivity contribution in [2.45, 2.75) is 12.0 Å². The quantitative estimate of drug-likeness (QED) is 0.349. The highest BCUT2D eigenvalue weighted by atomic mass is 16.6. The predicted octanol–water partition coefficient (Wildman–Crippen LogP) is 0.761. The van der Waals surface area contributed by atoms with E-state index in [0.29, 0.717) is 5.56 Å². The molecular weight excluding hydrogens is 266 g/mol. The van der Waals surface area contributed by atoms with Crippen LogP contribution in [0.3, 0.4) is 0 Å². The van der Waals surface area contributed by atoms with Crippen LogP contribution in [0.2, 0.25) is 0 Å². The molecule has 20 heavy (non-hydrogen) atoms. The number of methoxy groups -OCH3 is 2. The predicted molar refractivity (Wildman–Crippen MR) is 66.4 cm³/mol. The minimum absolute atomic E-state index is 0.532. The summed E-state index contributed by atoms with van der Waals surface area (Å²) in [6.07, 6.45) is 0. The van der Waals surface area contributed by atoms with Gasteiger partial charge in [0.1, 0.15) is 0 Å². The topological polar surface area (TPSA) is 95.7 Å². The Balaban J connectivity index is 2.52. The first-order valence-electron chi connectivity index (χ1n) is 5.87. The molecule has 1 aromatic carbocycles. The largest absolute Gasteiger partial charge is 0.468 e. The summed E-state index contributed by atoms with van der Waals surface area (Å²) >= 11 is 0. The van der Waals surface area contributed by atoms with Gasteiger partial charge in [-0.05, 0) is 5.56 Å². The van der Waals surface area contributed by atoms with E-state index in [0.717, 1.165) is 14.2 Å². The van der Waals surface area contributed by atoms with Gasteiger partial charge in [-0.15, -0.1) is 0 Å². The number of carbonyl (C=O) groups is 2. The average molecular weight is 279 g/mol. The van der Waals surface area contributed by atoms with Gasteiger partial charge in [-0.2, -0.15) is 0 Å². The number of ether oxygens (including phenoxy) is 2. The lowest BCUT2D eigenvalue weighted by Gasteiger charge is -2.10. The number of rotatable bonds is 4. The summed E-state index contributed by atoms with van der Waals surface area (Å²) in [7, 11) is 2.18. The molecule has 7 nitrogen and oxygen atoms in total. The maximum Gasteiger partial charge on any atom is 0.331 e. The molecule has 1 aromatic rings. The Labute approximate surface area is 114 Å². The Hall–Kier alpha value is -2.44. The second-order valence-electron chi connectivity index (χ2n) is 4.47. The summed E-state index contributed by atoms with van der Waals surface area (Å²) < 4.78 is 9.18. The van der Waals surface area contributed by atoms with Crippen LogP contribution in [0.1, 0.15) is 11.5 Å². The molecule has 2 rings (SSSR count). The van der Waals surface area contributed by atoms with Crippen LogP contribution < -0.4 is 0 Å². The van der Waals surface area contributed by atoms with Crippen LogP contribution >= 0.6 is 0 Å². The van der Waals surface area contributed by atoms with Crippen molar-refractivity contribution in [1.82, 2.24) is 0 Å². The minimum Gasteiger partial charge on any atom is -0.468 e. The first-order chi connectivity index (χ1) is 9.51. The summed E-state index contributed by atoms with van der Waals surface area (Å²) in [5, 5.41) is 11.2. The SMILES string of the molecule is COC(=O)C1(C(=O)OC)[C@@H]([N+](=O)[O-])[C@@H]1c1ccccc1. The molecule has 1 saturated carbocycles. The van der Waals surface area contributed by atoms with Gasteiger partial charge >= 0.3 is 11.9 Å².